The number of rotatable bonds is 4. The first-order chi connectivity index (χ1) is 12.8. The highest BCUT2D eigenvalue weighted by molar-refractivity contribution is 7.92. The molecule has 2 aromatic rings. The number of hydrogen-bond donors (Lipinski definition) is 2. The molecule has 0 spiro atoms. The molecule has 1 heterocycles. The molecule has 0 aromatic heterocycles. The molecule has 0 radical (unpaired) electrons. The first-order valence-electron chi connectivity index (χ1n) is 8.70. The molecule has 1 aliphatic rings. The number of hydrogen-bond acceptors (Lipinski definition) is 4. The molecule has 8 heteroatoms. The Kier molecular flexibility index (Phi) is 5.48. The first kappa shape index (κ1) is 19.3. The summed E-state index contributed by atoms with van der Waals surface area (Å²) in [6.45, 7) is 2.89. The lowest BCUT2D eigenvalue weighted by Gasteiger charge is -2.30. The molecule has 1 amide bonds. The van der Waals surface area contributed by atoms with Gasteiger partial charge in [-0.3, -0.25) is 9.52 Å². The van der Waals surface area contributed by atoms with Crippen molar-refractivity contribution in [2.75, 3.05) is 17.8 Å². The van der Waals surface area contributed by atoms with Crippen LogP contribution in [0.5, 0.6) is 0 Å². The monoisotopic (exact) mass is 391 g/mol. The summed E-state index contributed by atoms with van der Waals surface area (Å²) >= 11 is 0. The SMILES string of the molecule is Cc1ccc(S(=O)(=O)Nc2ccc(F)cc2)cc1C(=O)N1CCC(N)CC1. The average molecular weight is 391 g/mol. The smallest absolute Gasteiger partial charge is 0.261 e. The van der Waals surface area contributed by atoms with Crippen molar-refractivity contribution in [2.24, 2.45) is 5.73 Å². The molecule has 1 fully saturated rings. The molecule has 27 heavy (non-hydrogen) atoms. The summed E-state index contributed by atoms with van der Waals surface area (Å²) in [6, 6.07) is 9.56. The minimum Gasteiger partial charge on any atom is -0.339 e. The largest absolute Gasteiger partial charge is 0.339 e. The third-order valence-electron chi connectivity index (χ3n) is 4.67. The van der Waals surface area contributed by atoms with Gasteiger partial charge in [0.2, 0.25) is 0 Å². The Balaban J connectivity index is 1.85. The molecule has 0 aliphatic carbocycles. The maximum atomic E-state index is 13.0. The van der Waals surface area contributed by atoms with Crippen LogP contribution in [0.25, 0.3) is 0 Å². The van der Waals surface area contributed by atoms with E-state index in [2.05, 4.69) is 4.72 Å². The van der Waals surface area contributed by atoms with E-state index in [1.165, 1.54) is 36.4 Å². The maximum Gasteiger partial charge on any atom is 0.261 e. The topological polar surface area (TPSA) is 92.5 Å². The Morgan fingerprint density at radius 3 is 2.41 bits per heavy atom. The second-order valence-corrected chi connectivity index (χ2v) is 8.40. The van der Waals surface area contributed by atoms with E-state index >= 15 is 0 Å². The first-order valence-corrected chi connectivity index (χ1v) is 10.2. The number of halogens is 1. The molecule has 3 N–H and O–H groups in total. The van der Waals surface area contributed by atoms with Crippen LogP contribution in [0.1, 0.15) is 28.8 Å². The lowest BCUT2D eigenvalue weighted by Crippen LogP contribution is -2.43. The van der Waals surface area contributed by atoms with Crippen molar-refractivity contribution in [1.82, 2.24) is 4.90 Å². The van der Waals surface area contributed by atoms with Crippen LogP contribution in [0.3, 0.4) is 0 Å². The van der Waals surface area contributed by atoms with Gasteiger partial charge in [-0.05, 0) is 61.7 Å². The minimum atomic E-state index is -3.90. The summed E-state index contributed by atoms with van der Waals surface area (Å²) in [7, 11) is -3.90. The highest BCUT2D eigenvalue weighted by Crippen LogP contribution is 2.22. The number of carbonyl (C=O) groups excluding carboxylic acids is 1. The molecular weight excluding hydrogens is 369 g/mol. The molecular formula is C19H22FN3O3S. The summed E-state index contributed by atoms with van der Waals surface area (Å²) in [6.07, 6.45) is 1.46. The quantitative estimate of drug-likeness (QED) is 0.838. The summed E-state index contributed by atoms with van der Waals surface area (Å²) in [4.78, 5) is 14.5. The number of anilines is 1. The fourth-order valence-corrected chi connectivity index (χ4v) is 4.09. The molecule has 2 aromatic carbocycles. The van der Waals surface area contributed by atoms with Gasteiger partial charge in [0, 0.05) is 30.4 Å². The van der Waals surface area contributed by atoms with E-state index in [1.807, 2.05) is 0 Å². The van der Waals surface area contributed by atoms with Crippen molar-refractivity contribution in [1.29, 1.82) is 0 Å². The number of piperidine rings is 1. The summed E-state index contributed by atoms with van der Waals surface area (Å²) in [5.41, 5.74) is 7.18. The Morgan fingerprint density at radius 2 is 1.78 bits per heavy atom. The average Bonchev–Trinajstić information content (AvgIpc) is 2.64. The summed E-state index contributed by atoms with van der Waals surface area (Å²) < 4.78 is 40.7. The molecule has 0 atom stereocenters. The zero-order valence-corrected chi connectivity index (χ0v) is 15.8. The van der Waals surface area contributed by atoms with Gasteiger partial charge in [-0.25, -0.2) is 12.8 Å². The van der Waals surface area contributed by atoms with Gasteiger partial charge in [0.05, 0.1) is 4.90 Å². The highest BCUT2D eigenvalue weighted by atomic mass is 32.2. The van der Waals surface area contributed by atoms with Crippen molar-refractivity contribution >= 4 is 21.6 Å². The van der Waals surface area contributed by atoms with Crippen molar-refractivity contribution in [2.45, 2.75) is 30.7 Å². The van der Waals surface area contributed by atoms with Gasteiger partial charge in [0.25, 0.3) is 15.9 Å². The third-order valence-corrected chi connectivity index (χ3v) is 6.05. The van der Waals surface area contributed by atoms with E-state index in [0.717, 1.165) is 12.8 Å². The lowest BCUT2D eigenvalue weighted by molar-refractivity contribution is 0.0713. The summed E-state index contributed by atoms with van der Waals surface area (Å²) in [5.74, 6) is -0.652. The molecule has 0 bridgehead atoms. The van der Waals surface area contributed by atoms with Crippen molar-refractivity contribution in [3.05, 3.63) is 59.4 Å². The minimum absolute atomic E-state index is 0.0190. The van der Waals surface area contributed by atoms with E-state index in [-0.39, 0.29) is 22.5 Å². The van der Waals surface area contributed by atoms with Gasteiger partial charge in [-0.2, -0.15) is 0 Å². The van der Waals surface area contributed by atoms with Gasteiger partial charge >= 0.3 is 0 Å². The molecule has 144 valence electrons. The number of amides is 1. The number of aryl methyl sites for hydroxylation is 1. The number of nitrogens with one attached hydrogen (secondary N) is 1. The summed E-state index contributed by atoms with van der Waals surface area (Å²) in [5, 5.41) is 0. The Labute approximate surface area is 158 Å². The zero-order chi connectivity index (χ0) is 19.6. The number of benzene rings is 2. The maximum absolute atomic E-state index is 13.0. The van der Waals surface area contributed by atoms with Gasteiger partial charge < -0.3 is 10.6 Å². The highest BCUT2D eigenvalue weighted by Gasteiger charge is 2.24. The zero-order valence-electron chi connectivity index (χ0n) is 15.0. The molecule has 1 aliphatic heterocycles. The number of sulfonamides is 1. The van der Waals surface area contributed by atoms with Crippen LogP contribution in [0.15, 0.2) is 47.4 Å². The number of nitrogens with zero attached hydrogens (tertiary/aromatic N) is 1. The second-order valence-electron chi connectivity index (χ2n) is 6.72. The molecule has 3 rings (SSSR count). The van der Waals surface area contributed by atoms with Gasteiger partial charge in [-0.1, -0.05) is 6.07 Å². The van der Waals surface area contributed by atoms with E-state index < -0.39 is 15.8 Å². The molecule has 0 saturated carbocycles. The van der Waals surface area contributed by atoms with Crippen LogP contribution in [-0.4, -0.2) is 38.4 Å². The third kappa shape index (κ3) is 4.45. The van der Waals surface area contributed by atoms with Crippen molar-refractivity contribution in [3.63, 3.8) is 0 Å². The lowest BCUT2D eigenvalue weighted by atomic mass is 10.0. The fourth-order valence-electron chi connectivity index (χ4n) is 3.00. The predicted octanol–water partition coefficient (Wildman–Crippen LogP) is 2.50. The van der Waals surface area contributed by atoms with Gasteiger partial charge in [-0.15, -0.1) is 0 Å². The van der Waals surface area contributed by atoms with E-state index in [9.17, 15) is 17.6 Å². The van der Waals surface area contributed by atoms with Gasteiger partial charge in [0.15, 0.2) is 0 Å². The standard InChI is InChI=1S/C19H22FN3O3S/c1-13-2-7-17(27(25,26)22-16-5-3-14(20)4-6-16)12-18(13)19(24)23-10-8-15(21)9-11-23/h2-7,12,15,22H,8-11,21H2,1H3. The predicted molar refractivity (Wildman–Crippen MR) is 102 cm³/mol. The molecule has 6 nitrogen and oxygen atoms in total. The normalized spacial score (nSPS) is 15.6. The Bertz CT molecular complexity index is 937. The second kappa shape index (κ2) is 7.66. The van der Waals surface area contributed by atoms with Crippen LogP contribution < -0.4 is 10.5 Å². The van der Waals surface area contributed by atoms with E-state index in [0.29, 0.717) is 24.2 Å². The van der Waals surface area contributed by atoms with Crippen LogP contribution >= 0.6 is 0 Å². The van der Waals surface area contributed by atoms with Gasteiger partial charge in [0.1, 0.15) is 5.82 Å². The van der Waals surface area contributed by atoms with Crippen LogP contribution in [0.2, 0.25) is 0 Å². The van der Waals surface area contributed by atoms with Crippen LogP contribution in [-0.2, 0) is 10.0 Å². The van der Waals surface area contributed by atoms with Crippen molar-refractivity contribution < 1.29 is 17.6 Å². The Morgan fingerprint density at radius 1 is 1.15 bits per heavy atom. The molecule has 1 saturated heterocycles. The Hall–Kier alpha value is -2.45. The van der Waals surface area contributed by atoms with E-state index in [4.69, 9.17) is 5.73 Å². The fraction of sp³-hybridized carbons (Fsp3) is 0.316. The number of carbonyl (C=O) groups is 1. The number of likely N-dealkylation sites (tertiary alicyclic amines) is 1. The van der Waals surface area contributed by atoms with Crippen LogP contribution in [0, 0.1) is 12.7 Å². The number of nitrogens with two attached hydrogens (primary N) is 1. The van der Waals surface area contributed by atoms with Crippen molar-refractivity contribution in [3.8, 4) is 0 Å². The van der Waals surface area contributed by atoms with Crippen LogP contribution in [0.4, 0.5) is 10.1 Å². The van der Waals surface area contributed by atoms with E-state index in [1.54, 1.807) is 17.9 Å². The molecule has 0 unspecified atom stereocenters.